The Balaban J connectivity index is 2.14. The highest BCUT2D eigenvalue weighted by molar-refractivity contribution is 7.84. The van der Waals surface area contributed by atoms with E-state index in [0.29, 0.717) is 11.4 Å². The van der Waals surface area contributed by atoms with E-state index in [9.17, 15) is 9.18 Å². The Labute approximate surface area is 131 Å². The summed E-state index contributed by atoms with van der Waals surface area (Å²) in [6, 6.07) is 10.9. The van der Waals surface area contributed by atoms with Crippen LogP contribution in [0.2, 0.25) is 0 Å². The van der Waals surface area contributed by atoms with E-state index in [1.807, 2.05) is 6.07 Å². The molecular formula is C15H10FN3O2S. The predicted octanol–water partition coefficient (Wildman–Crippen LogP) is 2.72. The minimum absolute atomic E-state index is 0.115. The molecule has 0 unspecified atom stereocenters. The summed E-state index contributed by atoms with van der Waals surface area (Å²) in [7, 11) is 0. The average Bonchev–Trinajstić information content (AvgIpc) is 3.03. The van der Waals surface area contributed by atoms with Crippen molar-refractivity contribution in [3.63, 3.8) is 0 Å². The molecule has 1 aromatic heterocycles. The third-order valence-corrected chi connectivity index (χ3v) is 3.67. The number of benzene rings is 1. The lowest BCUT2D eigenvalue weighted by Crippen LogP contribution is -2.45. The van der Waals surface area contributed by atoms with Crippen LogP contribution in [0.5, 0.6) is 0 Å². The van der Waals surface area contributed by atoms with Crippen LogP contribution < -0.4 is 10.2 Å². The molecule has 2 heterocycles. The number of carbonyl (C=O) groups excluding carboxylic acids is 1. The number of thiol groups is 1. The van der Waals surface area contributed by atoms with E-state index in [1.54, 1.807) is 17.0 Å². The Hall–Kier alpha value is -2.72. The summed E-state index contributed by atoms with van der Waals surface area (Å²) in [5.41, 5.74) is 0.455. The molecule has 0 saturated carbocycles. The molecule has 110 valence electrons. The summed E-state index contributed by atoms with van der Waals surface area (Å²) in [6.45, 7) is 0. The first-order chi connectivity index (χ1) is 10.6. The van der Waals surface area contributed by atoms with Gasteiger partial charge in [-0.25, -0.2) is 4.39 Å². The van der Waals surface area contributed by atoms with Gasteiger partial charge in [-0.15, -0.1) is 12.6 Å². The zero-order chi connectivity index (χ0) is 15.7. The van der Waals surface area contributed by atoms with Crippen LogP contribution in [0.15, 0.2) is 57.7 Å². The second kappa shape index (κ2) is 5.58. The summed E-state index contributed by atoms with van der Waals surface area (Å²) in [6.07, 6.45) is 0.809. The van der Waals surface area contributed by atoms with E-state index in [1.165, 1.54) is 30.5 Å². The maximum absolute atomic E-state index is 13.1. The second-order valence-electron chi connectivity index (χ2n) is 4.55. The molecule has 2 aromatic rings. The van der Waals surface area contributed by atoms with Gasteiger partial charge in [0.1, 0.15) is 23.2 Å². The standard InChI is InChI=1S/C15H10FN3O2S/c16-9-3-5-10(6-4-9)19-13(12-2-1-7-21-12)18-14(20)11(8-17)15(19)22/h1-7,13,22H,(H,18,20)/t13-/m0/s1. The Morgan fingerprint density at radius 2 is 2.05 bits per heavy atom. The van der Waals surface area contributed by atoms with Crippen molar-refractivity contribution in [2.45, 2.75) is 6.17 Å². The lowest BCUT2D eigenvalue weighted by molar-refractivity contribution is -0.118. The lowest BCUT2D eigenvalue weighted by Gasteiger charge is -2.36. The van der Waals surface area contributed by atoms with Crippen LogP contribution >= 0.6 is 12.6 Å². The molecule has 22 heavy (non-hydrogen) atoms. The minimum Gasteiger partial charge on any atom is -0.465 e. The molecule has 1 aliphatic heterocycles. The van der Waals surface area contributed by atoms with Gasteiger partial charge in [0.15, 0.2) is 6.17 Å². The molecule has 3 rings (SSSR count). The molecule has 1 amide bonds. The number of hydrogen-bond donors (Lipinski definition) is 2. The van der Waals surface area contributed by atoms with Gasteiger partial charge in [-0.3, -0.25) is 4.79 Å². The van der Waals surface area contributed by atoms with E-state index >= 15 is 0 Å². The number of nitriles is 1. The van der Waals surface area contributed by atoms with Crippen LogP contribution in [-0.2, 0) is 4.79 Å². The van der Waals surface area contributed by atoms with E-state index in [2.05, 4.69) is 17.9 Å². The summed E-state index contributed by atoms with van der Waals surface area (Å²) >= 11 is 4.31. The van der Waals surface area contributed by atoms with Gasteiger partial charge in [0.2, 0.25) is 0 Å². The van der Waals surface area contributed by atoms with Crippen LogP contribution in [0.3, 0.4) is 0 Å². The normalized spacial score (nSPS) is 18.1. The third kappa shape index (κ3) is 2.34. The highest BCUT2D eigenvalue weighted by Crippen LogP contribution is 2.35. The van der Waals surface area contributed by atoms with Crippen LogP contribution in [0.1, 0.15) is 11.9 Å². The SMILES string of the molecule is N#CC1=C(S)N(c2ccc(F)cc2)[C@@H](c2ccco2)NC1=O. The van der Waals surface area contributed by atoms with E-state index in [0.717, 1.165) is 0 Å². The van der Waals surface area contributed by atoms with Crippen molar-refractivity contribution >= 4 is 24.2 Å². The maximum atomic E-state index is 13.1. The molecule has 1 N–H and O–H groups in total. The zero-order valence-corrected chi connectivity index (χ0v) is 12.0. The Kier molecular flexibility index (Phi) is 3.61. The van der Waals surface area contributed by atoms with Crippen LogP contribution in [0, 0.1) is 17.1 Å². The number of nitrogens with zero attached hydrogens (tertiary/aromatic N) is 2. The van der Waals surface area contributed by atoms with Gasteiger partial charge in [-0.2, -0.15) is 5.26 Å². The molecule has 0 spiro atoms. The first kappa shape index (κ1) is 14.2. The number of amides is 1. The number of halogens is 1. The summed E-state index contributed by atoms with van der Waals surface area (Å²) in [5.74, 6) is -0.446. The molecule has 7 heteroatoms. The minimum atomic E-state index is -0.669. The predicted molar refractivity (Wildman–Crippen MR) is 80.1 cm³/mol. The van der Waals surface area contributed by atoms with Gasteiger partial charge in [-0.05, 0) is 36.4 Å². The summed E-state index contributed by atoms with van der Waals surface area (Å²) in [4.78, 5) is 13.6. The fourth-order valence-corrected chi connectivity index (χ4v) is 2.61. The van der Waals surface area contributed by atoms with E-state index < -0.39 is 12.1 Å². The Morgan fingerprint density at radius 1 is 1.32 bits per heavy atom. The molecule has 0 aliphatic carbocycles. The number of nitrogens with one attached hydrogen (secondary N) is 1. The molecule has 0 radical (unpaired) electrons. The maximum Gasteiger partial charge on any atom is 0.266 e. The highest BCUT2D eigenvalue weighted by Gasteiger charge is 2.35. The molecule has 0 bridgehead atoms. The topological polar surface area (TPSA) is 69.3 Å². The molecule has 1 aliphatic rings. The van der Waals surface area contributed by atoms with Gasteiger partial charge in [0.05, 0.1) is 11.3 Å². The largest absolute Gasteiger partial charge is 0.465 e. The molecule has 0 fully saturated rings. The van der Waals surface area contributed by atoms with Crippen LogP contribution in [0.4, 0.5) is 10.1 Å². The fraction of sp³-hybridized carbons (Fsp3) is 0.0667. The number of anilines is 1. The first-order valence-corrected chi connectivity index (χ1v) is 6.79. The first-order valence-electron chi connectivity index (χ1n) is 6.34. The number of rotatable bonds is 2. The molecular weight excluding hydrogens is 305 g/mol. The molecule has 1 aromatic carbocycles. The quantitative estimate of drug-likeness (QED) is 0.836. The summed E-state index contributed by atoms with van der Waals surface area (Å²) in [5, 5.41) is 12.0. The highest BCUT2D eigenvalue weighted by atomic mass is 32.1. The van der Waals surface area contributed by atoms with Crippen molar-refractivity contribution in [2.24, 2.45) is 0 Å². The number of furan rings is 1. The van der Waals surface area contributed by atoms with Crippen molar-refractivity contribution in [1.29, 1.82) is 5.26 Å². The number of carbonyl (C=O) groups is 1. The molecule has 1 atom stereocenters. The van der Waals surface area contributed by atoms with Gasteiger partial charge in [0.25, 0.3) is 5.91 Å². The van der Waals surface area contributed by atoms with E-state index in [4.69, 9.17) is 9.68 Å². The molecule has 5 nitrogen and oxygen atoms in total. The fourth-order valence-electron chi connectivity index (χ4n) is 2.22. The smallest absolute Gasteiger partial charge is 0.266 e. The van der Waals surface area contributed by atoms with Gasteiger partial charge >= 0.3 is 0 Å². The lowest BCUT2D eigenvalue weighted by atomic mass is 10.1. The zero-order valence-electron chi connectivity index (χ0n) is 11.2. The van der Waals surface area contributed by atoms with Gasteiger partial charge in [0, 0.05) is 5.69 Å². The van der Waals surface area contributed by atoms with Gasteiger partial charge < -0.3 is 14.6 Å². The van der Waals surface area contributed by atoms with Crippen molar-refractivity contribution in [3.05, 3.63) is 64.8 Å². The second-order valence-corrected chi connectivity index (χ2v) is 4.97. The van der Waals surface area contributed by atoms with Crippen molar-refractivity contribution < 1.29 is 13.6 Å². The third-order valence-electron chi connectivity index (χ3n) is 3.23. The van der Waals surface area contributed by atoms with E-state index in [-0.39, 0.29) is 16.4 Å². The average molecular weight is 315 g/mol. The van der Waals surface area contributed by atoms with Crippen LogP contribution in [-0.4, -0.2) is 5.91 Å². The molecule has 0 saturated heterocycles. The van der Waals surface area contributed by atoms with Crippen LogP contribution in [0.25, 0.3) is 0 Å². The number of hydrogen-bond acceptors (Lipinski definition) is 5. The Morgan fingerprint density at radius 3 is 2.64 bits per heavy atom. The monoisotopic (exact) mass is 315 g/mol. The van der Waals surface area contributed by atoms with Gasteiger partial charge in [-0.1, -0.05) is 0 Å². The van der Waals surface area contributed by atoms with Crippen molar-refractivity contribution in [3.8, 4) is 6.07 Å². The Bertz CT molecular complexity index is 778. The van der Waals surface area contributed by atoms with Crippen molar-refractivity contribution in [2.75, 3.05) is 4.90 Å². The summed E-state index contributed by atoms with van der Waals surface area (Å²) < 4.78 is 18.5. The van der Waals surface area contributed by atoms with Crippen molar-refractivity contribution in [1.82, 2.24) is 5.32 Å².